The summed E-state index contributed by atoms with van der Waals surface area (Å²) in [6, 6.07) is 49.4. The van der Waals surface area contributed by atoms with Gasteiger partial charge in [-0.1, -0.05) is 157 Å². The van der Waals surface area contributed by atoms with Crippen molar-refractivity contribution in [1.82, 2.24) is 18.8 Å². The molecule has 0 spiro atoms. The van der Waals surface area contributed by atoms with Crippen molar-refractivity contribution in [3.8, 4) is 6.07 Å². The van der Waals surface area contributed by atoms with Crippen LogP contribution in [0.3, 0.4) is 0 Å². The fraction of sp³-hybridized carbons (Fsp3) is 0.214. The SMILES string of the molecule is C=CS(=O)(=O)N(Cc1ccccc1)Cc1ccccc1.CC1(C)C(=O)N(c2ccc(C#N)c(Cl)c2)C(=S)N1CCS(=O)(=O)N(Cc1ccccc1)Cc1ccccc1.[C-]#[N+]c1ccc(N2C(=O)C(C)(C)NC2=S)cc1Cl. The molecule has 76 heavy (non-hydrogen) atoms. The van der Waals surface area contributed by atoms with E-state index in [0.717, 1.165) is 27.7 Å². The van der Waals surface area contributed by atoms with E-state index >= 15 is 0 Å². The van der Waals surface area contributed by atoms with Crippen LogP contribution in [-0.4, -0.2) is 75.8 Å². The molecular formula is C56H54Cl2N8O6S4. The lowest BCUT2D eigenvalue weighted by molar-refractivity contribution is -0.123. The Hall–Kier alpha value is -6.84. The van der Waals surface area contributed by atoms with E-state index in [-0.39, 0.29) is 52.9 Å². The Bertz CT molecular complexity index is 3330. The Morgan fingerprint density at radius 2 is 1.11 bits per heavy atom. The third kappa shape index (κ3) is 14.3. The van der Waals surface area contributed by atoms with Gasteiger partial charge in [-0.2, -0.15) is 13.9 Å². The number of nitrogens with one attached hydrogen (secondary N) is 1. The van der Waals surface area contributed by atoms with Gasteiger partial charge >= 0.3 is 0 Å². The van der Waals surface area contributed by atoms with Crippen molar-refractivity contribution < 1.29 is 26.4 Å². The van der Waals surface area contributed by atoms with E-state index in [4.69, 9.17) is 54.2 Å². The summed E-state index contributed by atoms with van der Waals surface area (Å²) in [5.41, 5.74) is 3.50. The highest BCUT2D eigenvalue weighted by Gasteiger charge is 2.50. The number of carbonyl (C=O) groups excluding carboxylic acids is 2. The molecule has 14 nitrogen and oxygen atoms in total. The maximum atomic E-state index is 13.7. The Morgan fingerprint density at radius 1 is 0.671 bits per heavy atom. The summed E-state index contributed by atoms with van der Waals surface area (Å²) >= 11 is 23.0. The summed E-state index contributed by atoms with van der Waals surface area (Å²) in [6.45, 7) is 18.4. The summed E-state index contributed by atoms with van der Waals surface area (Å²) in [7, 11) is -7.21. The molecule has 0 aliphatic carbocycles. The average molecular weight is 1130 g/mol. The van der Waals surface area contributed by atoms with Gasteiger partial charge in [-0.15, -0.1) is 0 Å². The summed E-state index contributed by atoms with van der Waals surface area (Å²) < 4.78 is 54.5. The van der Waals surface area contributed by atoms with E-state index in [9.17, 15) is 31.7 Å². The van der Waals surface area contributed by atoms with Gasteiger partial charge in [0.1, 0.15) is 17.1 Å². The van der Waals surface area contributed by atoms with Crippen LogP contribution >= 0.6 is 47.6 Å². The molecule has 20 heteroatoms. The van der Waals surface area contributed by atoms with Crippen LogP contribution in [0, 0.1) is 17.9 Å². The Balaban J connectivity index is 0.000000206. The zero-order valence-corrected chi connectivity index (χ0v) is 46.8. The first kappa shape index (κ1) is 58.4. The lowest BCUT2D eigenvalue weighted by Crippen LogP contribution is -2.47. The fourth-order valence-corrected chi connectivity index (χ4v) is 11.6. The third-order valence-electron chi connectivity index (χ3n) is 12.2. The molecule has 0 unspecified atom stereocenters. The number of benzene rings is 6. The number of hydrogen-bond donors (Lipinski definition) is 1. The van der Waals surface area contributed by atoms with Gasteiger partial charge in [-0.3, -0.25) is 19.4 Å². The number of nitriles is 1. The Morgan fingerprint density at radius 3 is 1.50 bits per heavy atom. The van der Waals surface area contributed by atoms with E-state index in [1.807, 2.05) is 127 Å². The lowest BCUT2D eigenvalue weighted by Gasteiger charge is -2.30. The lowest BCUT2D eigenvalue weighted by atomic mass is 10.0. The number of anilines is 2. The first-order valence-electron chi connectivity index (χ1n) is 23.5. The van der Waals surface area contributed by atoms with Crippen LogP contribution in [0.2, 0.25) is 10.0 Å². The van der Waals surface area contributed by atoms with Crippen molar-refractivity contribution in [1.29, 1.82) is 5.26 Å². The molecule has 0 bridgehead atoms. The minimum absolute atomic E-state index is 0.0283. The zero-order chi connectivity index (χ0) is 55.4. The van der Waals surface area contributed by atoms with E-state index < -0.39 is 31.1 Å². The maximum absolute atomic E-state index is 13.7. The molecule has 2 saturated heterocycles. The monoisotopic (exact) mass is 1130 g/mol. The quantitative estimate of drug-likeness (QED) is 0.0726. The van der Waals surface area contributed by atoms with Gasteiger partial charge in [0.15, 0.2) is 10.2 Å². The van der Waals surface area contributed by atoms with Crippen molar-refractivity contribution >= 4 is 107 Å². The molecule has 6 aromatic rings. The third-order valence-corrected chi connectivity index (χ3v) is 16.6. The van der Waals surface area contributed by atoms with Crippen LogP contribution in [0.15, 0.2) is 170 Å². The summed E-state index contributed by atoms with van der Waals surface area (Å²) in [5.74, 6) is -0.670. The van der Waals surface area contributed by atoms with Gasteiger partial charge in [0.25, 0.3) is 11.8 Å². The van der Waals surface area contributed by atoms with Crippen molar-refractivity contribution in [2.45, 2.75) is 65.0 Å². The second-order valence-corrected chi connectivity index (χ2v) is 23.9. The highest BCUT2D eigenvalue weighted by molar-refractivity contribution is 7.92. The molecule has 392 valence electrons. The Kier molecular flexibility index (Phi) is 19.5. The minimum atomic E-state index is -3.75. The smallest absolute Gasteiger partial charge is 0.258 e. The second-order valence-electron chi connectivity index (χ2n) is 18.4. The van der Waals surface area contributed by atoms with Crippen LogP contribution in [0.1, 0.15) is 55.5 Å². The van der Waals surface area contributed by atoms with Gasteiger partial charge in [0.05, 0.1) is 34.3 Å². The molecule has 2 aliphatic heterocycles. The molecule has 0 radical (unpaired) electrons. The maximum Gasteiger partial charge on any atom is 0.258 e. The topological polar surface area (TPSA) is 159 Å². The van der Waals surface area contributed by atoms with Crippen LogP contribution in [0.25, 0.3) is 4.85 Å². The normalized spacial score (nSPS) is 14.8. The number of rotatable bonds is 16. The van der Waals surface area contributed by atoms with Crippen molar-refractivity contribution in [2.75, 3.05) is 22.1 Å². The number of halogens is 2. The summed E-state index contributed by atoms with van der Waals surface area (Å²) in [6.07, 6.45) is 0. The number of carbonyl (C=O) groups is 2. The fourth-order valence-electron chi connectivity index (χ4n) is 7.96. The van der Waals surface area contributed by atoms with E-state index in [0.29, 0.717) is 40.3 Å². The molecule has 2 amide bonds. The first-order chi connectivity index (χ1) is 36.0. The number of thiocarbonyl (C=S) groups is 2. The molecule has 2 aliphatic rings. The molecule has 2 heterocycles. The van der Waals surface area contributed by atoms with Crippen LogP contribution in [-0.2, 0) is 55.8 Å². The predicted octanol–water partition coefficient (Wildman–Crippen LogP) is 11.0. The first-order valence-corrected chi connectivity index (χ1v) is 28.2. The molecule has 0 aromatic heterocycles. The number of sulfonamides is 2. The number of hydrogen-bond acceptors (Lipinski definition) is 9. The minimum Gasteiger partial charge on any atom is -0.348 e. The largest absolute Gasteiger partial charge is 0.348 e. The number of amides is 2. The molecule has 0 atom stereocenters. The van der Waals surface area contributed by atoms with E-state index in [2.05, 4.69) is 16.7 Å². The molecule has 2 fully saturated rings. The molecule has 6 aromatic carbocycles. The number of nitrogens with zero attached hydrogens (tertiary/aromatic N) is 7. The van der Waals surface area contributed by atoms with Crippen molar-refractivity contribution in [3.63, 3.8) is 0 Å². The van der Waals surface area contributed by atoms with Crippen LogP contribution < -0.4 is 15.1 Å². The van der Waals surface area contributed by atoms with Gasteiger partial charge in [0, 0.05) is 43.2 Å². The molecule has 1 N–H and O–H groups in total. The standard InChI is InChI=1S/C28H27ClN4O3S2.C16H17NO2S.C12H10ClN3OS/c1-28(2)26(34)33(24-14-13-23(18-30)25(29)17-24)27(37)32(28)15-16-38(35,36)31(19-21-9-5-3-6-10-21)20-22-11-7-4-8-12-22;1-2-20(18,19)17(13-15-9-5-3-6-10-15)14-16-11-7-4-8-12-16;1-12(2)10(17)16(11(18)15-12)7-4-5-9(14-3)8(13)6-7/h3-14,17H,15-16,19-20H2,1-2H3;2-12H,1,13-14H2;4-6H,1-2H3,(H,15,18). The van der Waals surface area contributed by atoms with Gasteiger partial charge in [-0.05, 0) is 105 Å². The highest BCUT2D eigenvalue weighted by atomic mass is 35.5. The molecule has 8 rings (SSSR count). The van der Waals surface area contributed by atoms with Gasteiger partial charge < -0.3 is 10.2 Å². The van der Waals surface area contributed by atoms with Gasteiger partial charge in [-0.25, -0.2) is 21.7 Å². The van der Waals surface area contributed by atoms with E-state index in [1.54, 1.807) is 56.9 Å². The van der Waals surface area contributed by atoms with Crippen LogP contribution in [0.4, 0.5) is 17.1 Å². The van der Waals surface area contributed by atoms with E-state index in [1.165, 1.54) is 30.5 Å². The summed E-state index contributed by atoms with van der Waals surface area (Å²) in [4.78, 5) is 33.2. The molecular weight excluding hydrogens is 1080 g/mol. The second kappa shape index (κ2) is 25.3. The zero-order valence-electron chi connectivity index (χ0n) is 42.0. The van der Waals surface area contributed by atoms with Crippen molar-refractivity contribution in [2.24, 2.45) is 0 Å². The Labute approximate surface area is 466 Å². The molecule has 0 saturated carbocycles. The summed E-state index contributed by atoms with van der Waals surface area (Å²) in [5, 5.41) is 14.2. The highest BCUT2D eigenvalue weighted by Crippen LogP contribution is 2.35. The van der Waals surface area contributed by atoms with Crippen LogP contribution in [0.5, 0.6) is 0 Å². The van der Waals surface area contributed by atoms with Gasteiger partial charge in [0.2, 0.25) is 25.7 Å². The predicted molar refractivity (Wildman–Crippen MR) is 309 cm³/mol. The average Bonchev–Trinajstić information content (AvgIpc) is 3.75. The van der Waals surface area contributed by atoms with Crippen molar-refractivity contribution in [3.05, 3.63) is 219 Å².